The van der Waals surface area contributed by atoms with Gasteiger partial charge in [-0.15, -0.1) is 0 Å². The van der Waals surface area contributed by atoms with Crippen LogP contribution in [0.5, 0.6) is 0 Å². The molecule has 5 nitrogen and oxygen atoms in total. The van der Waals surface area contributed by atoms with E-state index in [9.17, 15) is 4.79 Å². The number of rotatable bonds is 3. The van der Waals surface area contributed by atoms with E-state index in [1.54, 1.807) is 6.20 Å². The zero-order valence-corrected chi connectivity index (χ0v) is 15.0. The third-order valence-electron chi connectivity index (χ3n) is 6.06. The molecule has 0 aromatic carbocycles. The molecule has 0 radical (unpaired) electrons. The van der Waals surface area contributed by atoms with Crippen molar-refractivity contribution in [3.05, 3.63) is 24.2 Å². The Labute approximate surface area is 149 Å². The number of imidazole rings is 1. The first-order chi connectivity index (χ1) is 12.2. The molecular weight excluding hydrogens is 312 g/mol. The molecule has 1 saturated carbocycles. The van der Waals surface area contributed by atoms with Gasteiger partial charge in [0.1, 0.15) is 5.82 Å². The molecule has 1 saturated heterocycles. The van der Waals surface area contributed by atoms with Gasteiger partial charge in [0.25, 0.3) is 0 Å². The van der Waals surface area contributed by atoms with Gasteiger partial charge in [0.2, 0.25) is 5.91 Å². The van der Waals surface area contributed by atoms with E-state index in [1.807, 2.05) is 12.1 Å². The van der Waals surface area contributed by atoms with Crippen molar-refractivity contribution in [1.29, 1.82) is 0 Å². The van der Waals surface area contributed by atoms with Crippen molar-refractivity contribution in [2.45, 2.75) is 64.2 Å². The Kier molecular flexibility index (Phi) is 4.73. The number of carbonyl (C=O) groups excluding carboxylic acids is 1. The molecule has 134 valence electrons. The van der Waals surface area contributed by atoms with Crippen LogP contribution in [0.4, 0.5) is 0 Å². The maximum atomic E-state index is 12.8. The second kappa shape index (κ2) is 7.14. The van der Waals surface area contributed by atoms with E-state index in [4.69, 9.17) is 0 Å². The van der Waals surface area contributed by atoms with Crippen molar-refractivity contribution in [3.63, 3.8) is 0 Å². The first-order valence-electron chi connectivity index (χ1n) is 9.82. The highest BCUT2D eigenvalue weighted by Gasteiger charge is 2.36. The van der Waals surface area contributed by atoms with Crippen LogP contribution in [0.3, 0.4) is 0 Å². The van der Waals surface area contributed by atoms with Gasteiger partial charge in [-0.2, -0.15) is 0 Å². The molecule has 0 bridgehead atoms. The van der Waals surface area contributed by atoms with Crippen molar-refractivity contribution in [2.75, 3.05) is 13.1 Å². The molecule has 2 fully saturated rings. The summed E-state index contributed by atoms with van der Waals surface area (Å²) in [5.74, 6) is 1.15. The largest absolute Gasteiger partial charge is 0.342 e. The highest BCUT2D eigenvalue weighted by molar-refractivity contribution is 5.77. The van der Waals surface area contributed by atoms with Crippen molar-refractivity contribution in [1.82, 2.24) is 19.9 Å². The Morgan fingerprint density at radius 3 is 2.76 bits per heavy atom. The molecule has 1 N–H and O–H groups in total. The number of hydrogen-bond donors (Lipinski definition) is 1. The normalized spacial score (nSPS) is 20.7. The zero-order chi connectivity index (χ0) is 17.1. The van der Waals surface area contributed by atoms with Gasteiger partial charge in [0.15, 0.2) is 5.65 Å². The molecule has 0 unspecified atom stereocenters. The van der Waals surface area contributed by atoms with Crippen LogP contribution < -0.4 is 0 Å². The molecule has 5 heteroatoms. The number of aromatic nitrogens is 3. The molecule has 1 spiro atoms. The monoisotopic (exact) mass is 340 g/mol. The molecule has 1 aliphatic heterocycles. The van der Waals surface area contributed by atoms with Crippen LogP contribution in [0, 0.1) is 5.41 Å². The van der Waals surface area contributed by atoms with Gasteiger partial charge >= 0.3 is 0 Å². The number of nitrogens with one attached hydrogen (secondary N) is 1. The summed E-state index contributed by atoms with van der Waals surface area (Å²) in [6.45, 7) is 1.91. The highest BCUT2D eigenvalue weighted by Crippen LogP contribution is 2.42. The lowest BCUT2D eigenvalue weighted by molar-refractivity contribution is -0.135. The predicted octanol–water partition coefficient (Wildman–Crippen LogP) is 3.85. The van der Waals surface area contributed by atoms with Gasteiger partial charge < -0.3 is 9.88 Å². The second-order valence-electron chi connectivity index (χ2n) is 7.89. The highest BCUT2D eigenvalue weighted by atomic mass is 16.2. The summed E-state index contributed by atoms with van der Waals surface area (Å²) in [5, 5.41) is 0. The van der Waals surface area contributed by atoms with Crippen molar-refractivity contribution in [2.24, 2.45) is 5.41 Å². The summed E-state index contributed by atoms with van der Waals surface area (Å²) in [5.41, 5.74) is 2.09. The maximum absolute atomic E-state index is 12.8. The fourth-order valence-electron chi connectivity index (χ4n) is 4.70. The Balaban J connectivity index is 1.37. The van der Waals surface area contributed by atoms with Crippen LogP contribution in [0.2, 0.25) is 0 Å². The average molecular weight is 340 g/mol. The van der Waals surface area contributed by atoms with Crippen LogP contribution in [0.15, 0.2) is 18.3 Å². The number of pyridine rings is 1. The average Bonchev–Trinajstić information content (AvgIpc) is 2.93. The number of carbonyl (C=O) groups is 1. The molecular formula is C20H28N4O. The van der Waals surface area contributed by atoms with Gasteiger partial charge in [-0.1, -0.05) is 25.7 Å². The van der Waals surface area contributed by atoms with Gasteiger partial charge in [-0.3, -0.25) is 4.79 Å². The van der Waals surface area contributed by atoms with E-state index in [0.29, 0.717) is 18.3 Å². The van der Waals surface area contributed by atoms with Crippen molar-refractivity contribution < 1.29 is 4.79 Å². The summed E-state index contributed by atoms with van der Waals surface area (Å²) >= 11 is 0. The number of likely N-dealkylation sites (tertiary alicyclic amines) is 1. The van der Waals surface area contributed by atoms with Crippen LogP contribution in [-0.4, -0.2) is 38.8 Å². The Bertz CT molecular complexity index is 697. The van der Waals surface area contributed by atoms with E-state index in [1.165, 1.54) is 51.4 Å². The molecule has 4 rings (SSSR count). The standard InChI is InChI=1S/C20H28N4O/c25-18(9-8-17-22-16-7-5-13-21-19(16)23-17)24-14-6-12-20(15-24)10-3-1-2-4-11-20/h5,7,13H,1-4,6,8-12,14-15H2,(H,21,22,23). The summed E-state index contributed by atoms with van der Waals surface area (Å²) in [7, 11) is 0. The van der Waals surface area contributed by atoms with Gasteiger partial charge in [-0.25, -0.2) is 9.97 Å². The third kappa shape index (κ3) is 3.70. The van der Waals surface area contributed by atoms with E-state index in [-0.39, 0.29) is 5.91 Å². The van der Waals surface area contributed by atoms with Gasteiger partial charge in [-0.05, 0) is 43.2 Å². The molecule has 3 heterocycles. The van der Waals surface area contributed by atoms with Crippen molar-refractivity contribution >= 4 is 17.1 Å². The minimum absolute atomic E-state index is 0.289. The van der Waals surface area contributed by atoms with Crippen LogP contribution in [-0.2, 0) is 11.2 Å². The molecule has 2 aromatic rings. The predicted molar refractivity (Wildman–Crippen MR) is 98.2 cm³/mol. The van der Waals surface area contributed by atoms with Gasteiger partial charge in [0.05, 0.1) is 5.52 Å². The molecule has 1 amide bonds. The van der Waals surface area contributed by atoms with Crippen LogP contribution >= 0.6 is 0 Å². The molecule has 0 atom stereocenters. The first-order valence-corrected chi connectivity index (χ1v) is 9.82. The molecule has 25 heavy (non-hydrogen) atoms. The first kappa shape index (κ1) is 16.6. The quantitative estimate of drug-likeness (QED) is 0.923. The zero-order valence-electron chi connectivity index (χ0n) is 15.0. The van der Waals surface area contributed by atoms with Crippen LogP contribution in [0.25, 0.3) is 11.2 Å². The summed E-state index contributed by atoms with van der Waals surface area (Å²) < 4.78 is 0. The molecule has 1 aliphatic carbocycles. The number of aryl methyl sites for hydroxylation is 1. The lowest BCUT2D eigenvalue weighted by atomic mass is 9.74. The summed E-state index contributed by atoms with van der Waals surface area (Å²) in [4.78, 5) is 26.9. The SMILES string of the molecule is O=C(CCc1nc2ncccc2[nH]1)N1CCCC2(CCCCCC2)C1. The van der Waals surface area contributed by atoms with E-state index < -0.39 is 0 Å². The summed E-state index contributed by atoms with van der Waals surface area (Å²) in [6, 6.07) is 3.87. The van der Waals surface area contributed by atoms with Crippen LogP contribution in [0.1, 0.15) is 63.6 Å². The molecule has 2 aliphatic rings. The fourth-order valence-corrected chi connectivity index (χ4v) is 4.70. The number of fused-ring (bicyclic) bond motifs is 1. The maximum Gasteiger partial charge on any atom is 0.223 e. The van der Waals surface area contributed by atoms with E-state index in [2.05, 4.69) is 19.9 Å². The lowest BCUT2D eigenvalue weighted by Crippen LogP contribution is -2.46. The minimum atomic E-state index is 0.289. The smallest absolute Gasteiger partial charge is 0.223 e. The van der Waals surface area contributed by atoms with Crippen molar-refractivity contribution in [3.8, 4) is 0 Å². The molecule has 2 aromatic heterocycles. The second-order valence-corrected chi connectivity index (χ2v) is 7.89. The summed E-state index contributed by atoms with van der Waals surface area (Å²) in [6.07, 6.45) is 13.5. The third-order valence-corrected chi connectivity index (χ3v) is 6.06. The number of aromatic amines is 1. The Morgan fingerprint density at radius 2 is 1.96 bits per heavy atom. The van der Waals surface area contributed by atoms with E-state index >= 15 is 0 Å². The fraction of sp³-hybridized carbons (Fsp3) is 0.650. The Hall–Kier alpha value is -1.91. The van der Waals surface area contributed by atoms with E-state index in [0.717, 1.165) is 30.1 Å². The minimum Gasteiger partial charge on any atom is -0.342 e. The van der Waals surface area contributed by atoms with Gasteiger partial charge in [0, 0.05) is 32.1 Å². The Morgan fingerprint density at radius 1 is 1.16 bits per heavy atom. The number of H-pyrrole nitrogens is 1. The number of piperidine rings is 1. The lowest BCUT2D eigenvalue weighted by Gasteiger charge is -2.43. The number of hydrogen-bond acceptors (Lipinski definition) is 3. The topological polar surface area (TPSA) is 61.9 Å². The number of nitrogens with zero attached hydrogens (tertiary/aromatic N) is 3. The number of amides is 1.